The van der Waals surface area contributed by atoms with Crippen LogP contribution in [0, 0.1) is 0 Å². The third kappa shape index (κ3) is 3.54. The fraction of sp³-hybridized carbons (Fsp3) is 0.474. The molecule has 148 valence electrons. The van der Waals surface area contributed by atoms with Gasteiger partial charge in [-0.25, -0.2) is 14.6 Å². The number of hydrogen-bond acceptors (Lipinski definition) is 6. The number of fused-ring (bicyclic) bond motifs is 1. The van der Waals surface area contributed by atoms with Crippen LogP contribution in [0.15, 0.2) is 18.2 Å². The van der Waals surface area contributed by atoms with Gasteiger partial charge in [-0.3, -0.25) is 0 Å². The lowest BCUT2D eigenvalue weighted by Gasteiger charge is -2.22. The first-order valence-corrected chi connectivity index (χ1v) is 9.97. The molecule has 1 unspecified atom stereocenters. The Morgan fingerprint density at radius 3 is 2.68 bits per heavy atom. The SMILES string of the molecule is CC(C)(C)c1nc(N2CCC(O)C2)c2nnn(Cc3cccc(Cl)c3Cl)c2n1. The summed E-state index contributed by atoms with van der Waals surface area (Å²) in [4.78, 5) is 11.6. The average molecular weight is 421 g/mol. The molecule has 28 heavy (non-hydrogen) atoms. The lowest BCUT2D eigenvalue weighted by Crippen LogP contribution is -2.25. The minimum atomic E-state index is -0.358. The molecule has 1 saturated heterocycles. The molecule has 1 aromatic carbocycles. The molecule has 0 bridgehead atoms. The highest BCUT2D eigenvalue weighted by Crippen LogP contribution is 2.31. The molecule has 0 saturated carbocycles. The Labute approximate surface area is 173 Å². The largest absolute Gasteiger partial charge is 0.391 e. The van der Waals surface area contributed by atoms with Crippen LogP contribution in [0.2, 0.25) is 10.0 Å². The van der Waals surface area contributed by atoms with E-state index in [1.807, 2.05) is 12.1 Å². The van der Waals surface area contributed by atoms with Gasteiger partial charge in [0.1, 0.15) is 5.82 Å². The Kier molecular flexibility index (Phi) is 4.93. The van der Waals surface area contributed by atoms with E-state index < -0.39 is 0 Å². The van der Waals surface area contributed by atoms with Crippen LogP contribution in [-0.4, -0.2) is 49.3 Å². The van der Waals surface area contributed by atoms with Gasteiger partial charge in [-0.2, -0.15) is 0 Å². The molecule has 7 nitrogen and oxygen atoms in total. The first-order chi connectivity index (χ1) is 13.2. The maximum Gasteiger partial charge on any atom is 0.184 e. The molecular formula is C19H22Cl2N6O. The molecule has 0 spiro atoms. The minimum Gasteiger partial charge on any atom is -0.391 e. The number of aliphatic hydroxyl groups is 1. The molecule has 1 aliphatic rings. The Balaban J connectivity index is 1.84. The summed E-state index contributed by atoms with van der Waals surface area (Å²) in [6, 6.07) is 5.52. The van der Waals surface area contributed by atoms with Gasteiger partial charge in [-0.1, -0.05) is 61.3 Å². The van der Waals surface area contributed by atoms with E-state index in [9.17, 15) is 5.11 Å². The van der Waals surface area contributed by atoms with Gasteiger partial charge in [0, 0.05) is 18.5 Å². The average Bonchev–Trinajstić information content (AvgIpc) is 3.24. The fourth-order valence-electron chi connectivity index (χ4n) is 3.27. The van der Waals surface area contributed by atoms with Gasteiger partial charge < -0.3 is 10.0 Å². The summed E-state index contributed by atoms with van der Waals surface area (Å²) in [5.74, 6) is 1.42. The van der Waals surface area contributed by atoms with Gasteiger partial charge in [-0.15, -0.1) is 5.10 Å². The van der Waals surface area contributed by atoms with Crippen molar-refractivity contribution in [2.24, 2.45) is 0 Å². The summed E-state index contributed by atoms with van der Waals surface area (Å²) in [6.45, 7) is 7.86. The van der Waals surface area contributed by atoms with Crippen molar-refractivity contribution >= 4 is 40.2 Å². The molecule has 3 aromatic rings. The zero-order valence-corrected chi connectivity index (χ0v) is 17.5. The quantitative estimate of drug-likeness (QED) is 0.698. The van der Waals surface area contributed by atoms with E-state index in [4.69, 9.17) is 33.2 Å². The first kappa shape index (κ1) is 19.4. The Morgan fingerprint density at radius 1 is 1.21 bits per heavy atom. The summed E-state index contributed by atoms with van der Waals surface area (Å²) in [5.41, 5.74) is 1.87. The molecule has 1 atom stereocenters. The lowest BCUT2D eigenvalue weighted by atomic mass is 9.96. The Bertz CT molecular complexity index is 1030. The van der Waals surface area contributed by atoms with Gasteiger partial charge in [0.05, 0.1) is 22.7 Å². The zero-order chi connectivity index (χ0) is 20.1. The third-order valence-corrected chi connectivity index (χ3v) is 5.69. The highest BCUT2D eigenvalue weighted by Gasteiger charge is 2.28. The zero-order valence-electron chi connectivity index (χ0n) is 16.0. The lowest BCUT2D eigenvalue weighted by molar-refractivity contribution is 0.198. The third-order valence-electron chi connectivity index (χ3n) is 4.83. The van der Waals surface area contributed by atoms with E-state index in [-0.39, 0.29) is 11.5 Å². The van der Waals surface area contributed by atoms with Gasteiger partial charge in [-0.05, 0) is 18.1 Å². The van der Waals surface area contributed by atoms with Crippen LogP contribution in [0.5, 0.6) is 0 Å². The van der Waals surface area contributed by atoms with Crippen molar-refractivity contribution in [2.45, 2.75) is 45.3 Å². The smallest absolute Gasteiger partial charge is 0.184 e. The highest BCUT2D eigenvalue weighted by molar-refractivity contribution is 6.42. The second-order valence-corrected chi connectivity index (χ2v) is 8.93. The van der Waals surface area contributed by atoms with E-state index in [1.165, 1.54) is 0 Å². The van der Waals surface area contributed by atoms with E-state index in [0.29, 0.717) is 46.5 Å². The monoisotopic (exact) mass is 420 g/mol. The fourth-order valence-corrected chi connectivity index (χ4v) is 3.65. The number of benzene rings is 1. The van der Waals surface area contributed by atoms with Crippen molar-refractivity contribution in [3.63, 3.8) is 0 Å². The highest BCUT2D eigenvalue weighted by atomic mass is 35.5. The molecule has 1 fully saturated rings. The first-order valence-electron chi connectivity index (χ1n) is 9.21. The second-order valence-electron chi connectivity index (χ2n) is 8.14. The molecule has 1 N–H and O–H groups in total. The Hall–Kier alpha value is -1.96. The normalized spacial score (nSPS) is 17.6. The van der Waals surface area contributed by atoms with Crippen LogP contribution in [-0.2, 0) is 12.0 Å². The van der Waals surface area contributed by atoms with E-state index in [2.05, 4.69) is 36.0 Å². The predicted molar refractivity (Wildman–Crippen MR) is 110 cm³/mol. The van der Waals surface area contributed by atoms with Crippen molar-refractivity contribution in [3.05, 3.63) is 39.6 Å². The van der Waals surface area contributed by atoms with Crippen LogP contribution in [0.4, 0.5) is 5.82 Å². The topological polar surface area (TPSA) is 80.0 Å². The molecule has 3 heterocycles. The number of β-amino-alcohol motifs (C(OH)–C–C–N with tert-alkyl or cyclic N) is 1. The molecule has 9 heteroatoms. The van der Waals surface area contributed by atoms with Gasteiger partial charge in [0.2, 0.25) is 0 Å². The number of halogens is 2. The molecule has 0 radical (unpaired) electrons. The van der Waals surface area contributed by atoms with E-state index in [0.717, 1.165) is 17.9 Å². The van der Waals surface area contributed by atoms with Crippen molar-refractivity contribution in [3.8, 4) is 0 Å². The number of anilines is 1. The maximum atomic E-state index is 9.97. The van der Waals surface area contributed by atoms with Crippen LogP contribution in [0.1, 0.15) is 38.6 Å². The molecule has 0 amide bonds. The van der Waals surface area contributed by atoms with Gasteiger partial charge in [0.25, 0.3) is 0 Å². The summed E-state index contributed by atoms with van der Waals surface area (Å²) in [5, 5.41) is 19.6. The number of hydrogen-bond donors (Lipinski definition) is 1. The maximum absolute atomic E-state index is 9.97. The van der Waals surface area contributed by atoms with E-state index in [1.54, 1.807) is 10.7 Å². The standard InChI is InChI=1S/C19H22Cl2N6O/c1-19(2,3)18-22-16(26-8-7-12(28)10-26)15-17(23-18)27(25-24-15)9-11-5-4-6-13(20)14(11)21/h4-6,12,28H,7-10H2,1-3H3. The summed E-state index contributed by atoms with van der Waals surface area (Å²) < 4.78 is 1.72. The van der Waals surface area contributed by atoms with Crippen LogP contribution < -0.4 is 4.90 Å². The van der Waals surface area contributed by atoms with Crippen LogP contribution >= 0.6 is 23.2 Å². The van der Waals surface area contributed by atoms with Crippen molar-refractivity contribution < 1.29 is 5.11 Å². The van der Waals surface area contributed by atoms with Crippen LogP contribution in [0.3, 0.4) is 0 Å². The van der Waals surface area contributed by atoms with Crippen molar-refractivity contribution in [1.29, 1.82) is 0 Å². The van der Waals surface area contributed by atoms with Gasteiger partial charge >= 0.3 is 0 Å². The van der Waals surface area contributed by atoms with Crippen molar-refractivity contribution in [1.82, 2.24) is 25.0 Å². The molecule has 4 rings (SSSR count). The summed E-state index contributed by atoms with van der Waals surface area (Å²) in [6.07, 6.45) is 0.353. The number of aromatic nitrogens is 5. The molecular weight excluding hydrogens is 399 g/mol. The molecule has 2 aromatic heterocycles. The number of aliphatic hydroxyl groups excluding tert-OH is 1. The van der Waals surface area contributed by atoms with Gasteiger partial charge in [0.15, 0.2) is 17.0 Å². The summed E-state index contributed by atoms with van der Waals surface area (Å²) in [7, 11) is 0. The molecule has 0 aliphatic carbocycles. The summed E-state index contributed by atoms with van der Waals surface area (Å²) >= 11 is 12.5. The van der Waals surface area contributed by atoms with Crippen LogP contribution in [0.25, 0.3) is 11.2 Å². The Morgan fingerprint density at radius 2 is 2.00 bits per heavy atom. The van der Waals surface area contributed by atoms with Crippen molar-refractivity contribution in [2.75, 3.05) is 18.0 Å². The number of nitrogens with zero attached hydrogens (tertiary/aromatic N) is 6. The molecule has 1 aliphatic heterocycles. The predicted octanol–water partition coefficient (Wildman–Crippen LogP) is 3.44. The minimum absolute atomic E-state index is 0.246. The second kappa shape index (κ2) is 7.13. The van der Waals surface area contributed by atoms with E-state index >= 15 is 0 Å². The number of rotatable bonds is 3.